The topological polar surface area (TPSA) is 0 Å². The van der Waals surface area contributed by atoms with Gasteiger partial charge in [-0.25, -0.2) is 0 Å². The van der Waals surface area contributed by atoms with Crippen molar-refractivity contribution in [3.05, 3.63) is 54.6 Å². The molecule has 0 aliphatic carbocycles. The highest BCUT2D eigenvalue weighted by Gasteiger charge is 1.92. The molecule has 68 valence electrons. The molecule has 0 saturated heterocycles. The zero-order valence-electron chi connectivity index (χ0n) is 8.33. The van der Waals surface area contributed by atoms with Gasteiger partial charge in [0.15, 0.2) is 0 Å². The molecule has 0 bridgehead atoms. The van der Waals surface area contributed by atoms with Gasteiger partial charge in [-0.2, -0.15) is 0 Å². The Kier molecular flexibility index (Phi) is 3.51. The van der Waals surface area contributed by atoms with Crippen LogP contribution in [0.5, 0.6) is 0 Å². The zero-order chi connectivity index (χ0) is 9.68. The molecule has 0 nitrogen and oxygen atoms in total. The van der Waals surface area contributed by atoms with E-state index in [1.54, 1.807) is 0 Å². The van der Waals surface area contributed by atoms with Crippen molar-refractivity contribution in [3.63, 3.8) is 0 Å². The highest BCUT2D eigenvalue weighted by atomic mass is 14.0. The van der Waals surface area contributed by atoms with Crippen LogP contribution in [0.1, 0.15) is 19.4 Å². The Morgan fingerprint density at radius 3 is 2.38 bits per heavy atom. The zero-order valence-corrected chi connectivity index (χ0v) is 8.33. The van der Waals surface area contributed by atoms with Crippen LogP contribution >= 0.6 is 0 Å². The second-order valence-corrected chi connectivity index (χ2v) is 3.49. The third-order valence-corrected chi connectivity index (χ3v) is 1.83. The Hall–Kier alpha value is -1.30. The van der Waals surface area contributed by atoms with Crippen LogP contribution in [-0.2, 0) is 0 Å². The van der Waals surface area contributed by atoms with E-state index in [9.17, 15) is 0 Å². The van der Waals surface area contributed by atoms with Gasteiger partial charge in [0.2, 0.25) is 0 Å². The minimum atomic E-state index is 0.584. The van der Waals surface area contributed by atoms with E-state index < -0.39 is 0 Å². The molecule has 1 aromatic carbocycles. The Morgan fingerprint density at radius 2 is 1.85 bits per heavy atom. The van der Waals surface area contributed by atoms with Gasteiger partial charge in [-0.15, -0.1) is 0 Å². The highest BCUT2D eigenvalue weighted by molar-refractivity contribution is 5.71. The molecule has 0 heterocycles. The first kappa shape index (κ1) is 9.79. The molecule has 0 heteroatoms. The molecule has 0 atom stereocenters. The van der Waals surface area contributed by atoms with E-state index in [4.69, 9.17) is 0 Å². The smallest absolute Gasteiger partial charge is 0.0190 e. The van der Waals surface area contributed by atoms with Crippen molar-refractivity contribution >= 4 is 5.57 Å². The summed E-state index contributed by atoms with van der Waals surface area (Å²) in [5, 5.41) is 0. The summed E-state index contributed by atoms with van der Waals surface area (Å²) < 4.78 is 0. The lowest BCUT2D eigenvalue weighted by Crippen LogP contribution is -1.80. The van der Waals surface area contributed by atoms with Crippen LogP contribution in [0, 0.1) is 5.92 Å². The monoisotopic (exact) mass is 172 g/mol. The Balaban J connectivity index is 2.70. The predicted molar refractivity (Wildman–Crippen MR) is 59.5 cm³/mol. The summed E-state index contributed by atoms with van der Waals surface area (Å²) >= 11 is 0. The Labute approximate surface area is 80.6 Å². The lowest BCUT2D eigenvalue weighted by atomic mass is 10.1. The first-order valence-electron chi connectivity index (χ1n) is 4.62. The van der Waals surface area contributed by atoms with Crippen molar-refractivity contribution in [1.29, 1.82) is 0 Å². The SMILES string of the molecule is C=C(/C=C\C(C)C)c1ccccc1. The van der Waals surface area contributed by atoms with E-state index in [0.717, 1.165) is 5.57 Å². The van der Waals surface area contributed by atoms with Gasteiger partial charge in [-0.3, -0.25) is 0 Å². The van der Waals surface area contributed by atoms with Gasteiger partial charge < -0.3 is 0 Å². The molecule has 13 heavy (non-hydrogen) atoms. The van der Waals surface area contributed by atoms with Crippen LogP contribution in [0.4, 0.5) is 0 Å². The molecule has 0 saturated carbocycles. The summed E-state index contributed by atoms with van der Waals surface area (Å²) in [6.45, 7) is 8.33. The molecule has 0 amide bonds. The summed E-state index contributed by atoms with van der Waals surface area (Å²) in [5.74, 6) is 0.584. The summed E-state index contributed by atoms with van der Waals surface area (Å²) in [6, 6.07) is 10.2. The summed E-state index contributed by atoms with van der Waals surface area (Å²) in [6.07, 6.45) is 4.25. The van der Waals surface area contributed by atoms with E-state index in [1.165, 1.54) is 5.56 Å². The molecule has 0 aliphatic rings. The summed E-state index contributed by atoms with van der Waals surface area (Å²) in [7, 11) is 0. The number of allylic oxidation sites excluding steroid dienone is 3. The number of rotatable bonds is 3. The lowest BCUT2D eigenvalue weighted by molar-refractivity contribution is 0.832. The van der Waals surface area contributed by atoms with Crippen molar-refractivity contribution < 1.29 is 0 Å². The molecule has 1 rings (SSSR count). The van der Waals surface area contributed by atoms with Crippen LogP contribution in [0.15, 0.2) is 49.1 Å². The van der Waals surface area contributed by atoms with E-state index in [0.29, 0.717) is 5.92 Å². The van der Waals surface area contributed by atoms with Crippen LogP contribution in [0.25, 0.3) is 5.57 Å². The third-order valence-electron chi connectivity index (χ3n) is 1.83. The van der Waals surface area contributed by atoms with Crippen LogP contribution in [0.2, 0.25) is 0 Å². The molecule has 0 radical (unpaired) electrons. The minimum absolute atomic E-state index is 0.584. The largest absolute Gasteiger partial charge is 0.0912 e. The molecular weight excluding hydrogens is 156 g/mol. The van der Waals surface area contributed by atoms with Gasteiger partial charge in [0.1, 0.15) is 0 Å². The predicted octanol–water partition coefficient (Wildman–Crippen LogP) is 3.91. The second kappa shape index (κ2) is 4.66. The van der Waals surface area contributed by atoms with E-state index in [1.807, 2.05) is 18.2 Å². The average Bonchev–Trinajstić information content (AvgIpc) is 2.15. The number of hydrogen-bond donors (Lipinski definition) is 0. The fourth-order valence-corrected chi connectivity index (χ4v) is 1.06. The molecule has 0 aromatic heterocycles. The molecular formula is C13H16. The molecule has 1 aromatic rings. The second-order valence-electron chi connectivity index (χ2n) is 3.49. The Morgan fingerprint density at radius 1 is 1.23 bits per heavy atom. The fraction of sp³-hybridized carbons (Fsp3) is 0.231. The van der Waals surface area contributed by atoms with E-state index >= 15 is 0 Å². The highest BCUT2D eigenvalue weighted by Crippen LogP contribution is 2.13. The molecule has 0 unspecified atom stereocenters. The average molecular weight is 172 g/mol. The molecule has 0 N–H and O–H groups in total. The van der Waals surface area contributed by atoms with Crippen molar-refractivity contribution in [3.8, 4) is 0 Å². The van der Waals surface area contributed by atoms with Gasteiger partial charge >= 0.3 is 0 Å². The number of benzene rings is 1. The maximum atomic E-state index is 4.01. The maximum Gasteiger partial charge on any atom is -0.0190 e. The van der Waals surface area contributed by atoms with Gasteiger partial charge in [-0.05, 0) is 17.1 Å². The normalized spacial score (nSPS) is 11.0. The molecule has 0 fully saturated rings. The van der Waals surface area contributed by atoms with E-state index in [-0.39, 0.29) is 0 Å². The van der Waals surface area contributed by atoms with Crippen LogP contribution in [-0.4, -0.2) is 0 Å². The maximum absolute atomic E-state index is 4.01. The first-order chi connectivity index (χ1) is 6.20. The number of hydrogen-bond acceptors (Lipinski definition) is 0. The van der Waals surface area contributed by atoms with Crippen molar-refractivity contribution in [2.45, 2.75) is 13.8 Å². The summed E-state index contributed by atoms with van der Waals surface area (Å²) in [5.41, 5.74) is 2.27. The lowest BCUT2D eigenvalue weighted by Gasteiger charge is -2.00. The van der Waals surface area contributed by atoms with Crippen molar-refractivity contribution in [2.75, 3.05) is 0 Å². The third kappa shape index (κ3) is 3.29. The van der Waals surface area contributed by atoms with Gasteiger partial charge in [0.25, 0.3) is 0 Å². The first-order valence-corrected chi connectivity index (χ1v) is 4.62. The summed E-state index contributed by atoms with van der Waals surface area (Å²) in [4.78, 5) is 0. The minimum Gasteiger partial charge on any atom is -0.0912 e. The van der Waals surface area contributed by atoms with Gasteiger partial charge in [-0.1, -0.05) is 62.9 Å². The van der Waals surface area contributed by atoms with Gasteiger partial charge in [0, 0.05) is 0 Å². The van der Waals surface area contributed by atoms with E-state index in [2.05, 4.69) is 44.7 Å². The quantitative estimate of drug-likeness (QED) is 0.606. The molecule has 0 spiro atoms. The molecule has 0 aliphatic heterocycles. The van der Waals surface area contributed by atoms with Crippen molar-refractivity contribution in [2.24, 2.45) is 5.92 Å². The van der Waals surface area contributed by atoms with Crippen LogP contribution in [0.3, 0.4) is 0 Å². The Bertz CT molecular complexity index is 291. The van der Waals surface area contributed by atoms with Crippen molar-refractivity contribution in [1.82, 2.24) is 0 Å². The van der Waals surface area contributed by atoms with Gasteiger partial charge in [0.05, 0.1) is 0 Å². The fourth-order valence-electron chi connectivity index (χ4n) is 1.06. The van der Waals surface area contributed by atoms with Crippen LogP contribution < -0.4 is 0 Å². The standard InChI is InChI=1S/C13H16/c1-11(2)9-10-12(3)13-7-5-4-6-8-13/h4-11H,3H2,1-2H3/b10-9-.